The van der Waals surface area contributed by atoms with Crippen molar-refractivity contribution < 1.29 is 9.47 Å². The van der Waals surface area contributed by atoms with Crippen molar-refractivity contribution >= 4 is 0 Å². The summed E-state index contributed by atoms with van der Waals surface area (Å²) in [6.45, 7) is 0.348. The zero-order valence-electron chi connectivity index (χ0n) is 7.20. The third-order valence-corrected chi connectivity index (χ3v) is 1.56. The zero-order valence-corrected chi connectivity index (χ0v) is 7.20. The zero-order chi connectivity index (χ0) is 8.97. The van der Waals surface area contributed by atoms with Crippen molar-refractivity contribution in [2.45, 2.75) is 6.54 Å². The quantitative estimate of drug-likeness (QED) is 0.716. The number of hydrogen-bond donors (Lipinski definition) is 1. The van der Waals surface area contributed by atoms with Crippen LogP contribution in [0, 0.1) is 0 Å². The lowest BCUT2D eigenvalue weighted by Crippen LogP contribution is -2.03. The molecule has 1 heterocycles. The normalized spacial score (nSPS) is 9.58. The molecule has 0 saturated carbocycles. The smallest absolute Gasteiger partial charge is 0.183 e. The Morgan fingerprint density at radius 3 is 2.67 bits per heavy atom. The summed E-state index contributed by atoms with van der Waals surface area (Å²) in [6, 6.07) is 1.73. The highest BCUT2D eigenvalue weighted by atomic mass is 16.5. The van der Waals surface area contributed by atoms with Gasteiger partial charge < -0.3 is 15.2 Å². The first kappa shape index (κ1) is 8.80. The topological polar surface area (TPSA) is 57.4 Å². The number of hydrogen-bond acceptors (Lipinski definition) is 4. The van der Waals surface area contributed by atoms with Gasteiger partial charge in [-0.1, -0.05) is 0 Å². The summed E-state index contributed by atoms with van der Waals surface area (Å²) in [5.41, 5.74) is 6.16. The van der Waals surface area contributed by atoms with E-state index in [-0.39, 0.29) is 0 Å². The number of ether oxygens (including phenoxy) is 2. The van der Waals surface area contributed by atoms with Gasteiger partial charge >= 0.3 is 0 Å². The highest BCUT2D eigenvalue weighted by Gasteiger charge is 2.08. The van der Waals surface area contributed by atoms with E-state index in [2.05, 4.69) is 4.98 Å². The van der Waals surface area contributed by atoms with Crippen LogP contribution in [0.1, 0.15) is 5.69 Å². The second-order valence-corrected chi connectivity index (χ2v) is 2.20. The van der Waals surface area contributed by atoms with Crippen LogP contribution >= 0.6 is 0 Å². The average molecular weight is 168 g/mol. The van der Waals surface area contributed by atoms with Crippen LogP contribution in [0.3, 0.4) is 0 Å². The molecule has 0 fully saturated rings. The third-order valence-electron chi connectivity index (χ3n) is 1.56. The largest absolute Gasteiger partial charge is 0.493 e. The fraction of sp³-hybridized carbons (Fsp3) is 0.375. The standard InChI is InChI=1S/C8H12N2O2/c1-11-7-3-4-10-6(5-9)8(7)12-2/h3-4H,5,9H2,1-2H3. The lowest BCUT2D eigenvalue weighted by Gasteiger charge is -2.09. The van der Waals surface area contributed by atoms with Gasteiger partial charge in [0.25, 0.3) is 0 Å². The second-order valence-electron chi connectivity index (χ2n) is 2.20. The summed E-state index contributed by atoms with van der Waals surface area (Å²) in [5, 5.41) is 0. The van der Waals surface area contributed by atoms with E-state index in [0.717, 1.165) is 0 Å². The molecule has 1 aromatic rings. The maximum absolute atomic E-state index is 5.45. The highest BCUT2D eigenvalue weighted by Crippen LogP contribution is 2.28. The Kier molecular flexibility index (Phi) is 2.88. The molecule has 66 valence electrons. The molecule has 2 N–H and O–H groups in total. The Hall–Kier alpha value is -1.29. The van der Waals surface area contributed by atoms with Crippen molar-refractivity contribution in [3.63, 3.8) is 0 Å². The molecule has 0 unspecified atom stereocenters. The molecule has 0 radical (unpaired) electrons. The first-order valence-corrected chi connectivity index (χ1v) is 3.59. The lowest BCUT2D eigenvalue weighted by atomic mass is 10.3. The van der Waals surface area contributed by atoms with Gasteiger partial charge in [0.2, 0.25) is 0 Å². The van der Waals surface area contributed by atoms with E-state index in [1.165, 1.54) is 0 Å². The molecule has 0 aliphatic carbocycles. The average Bonchev–Trinajstić information content (AvgIpc) is 2.16. The van der Waals surface area contributed by atoms with Crippen LogP contribution in [0.2, 0.25) is 0 Å². The van der Waals surface area contributed by atoms with Gasteiger partial charge in [0.15, 0.2) is 11.5 Å². The van der Waals surface area contributed by atoms with Crippen molar-refractivity contribution in [2.24, 2.45) is 5.73 Å². The number of methoxy groups -OCH3 is 2. The molecule has 0 amide bonds. The van der Waals surface area contributed by atoms with Crippen LogP contribution in [0.15, 0.2) is 12.3 Å². The Balaban J connectivity index is 3.13. The highest BCUT2D eigenvalue weighted by molar-refractivity contribution is 5.42. The molecule has 4 heteroatoms. The number of aromatic nitrogens is 1. The molecule has 4 nitrogen and oxygen atoms in total. The van der Waals surface area contributed by atoms with Crippen molar-refractivity contribution in [3.05, 3.63) is 18.0 Å². The molecular weight excluding hydrogens is 156 g/mol. The van der Waals surface area contributed by atoms with Gasteiger partial charge in [0.1, 0.15) is 0 Å². The molecule has 1 aromatic heterocycles. The maximum Gasteiger partial charge on any atom is 0.183 e. The predicted octanol–water partition coefficient (Wildman–Crippen LogP) is 0.557. The Labute approximate surface area is 71.3 Å². The fourth-order valence-corrected chi connectivity index (χ4v) is 0.996. The van der Waals surface area contributed by atoms with Gasteiger partial charge in [0.05, 0.1) is 19.9 Å². The van der Waals surface area contributed by atoms with Gasteiger partial charge in [-0.05, 0) is 0 Å². The van der Waals surface area contributed by atoms with E-state index in [0.29, 0.717) is 23.7 Å². The fourth-order valence-electron chi connectivity index (χ4n) is 0.996. The summed E-state index contributed by atoms with van der Waals surface area (Å²) in [6.07, 6.45) is 1.64. The van der Waals surface area contributed by atoms with Crippen molar-refractivity contribution in [2.75, 3.05) is 14.2 Å². The van der Waals surface area contributed by atoms with Crippen LogP contribution < -0.4 is 15.2 Å². The molecule has 0 atom stereocenters. The second kappa shape index (κ2) is 3.92. The van der Waals surface area contributed by atoms with Gasteiger partial charge in [-0.3, -0.25) is 4.98 Å². The van der Waals surface area contributed by atoms with Gasteiger partial charge in [0, 0.05) is 18.8 Å². The molecule has 12 heavy (non-hydrogen) atoms. The van der Waals surface area contributed by atoms with Gasteiger partial charge in [-0.2, -0.15) is 0 Å². The number of nitrogens with zero attached hydrogens (tertiary/aromatic N) is 1. The van der Waals surface area contributed by atoms with Crippen LogP contribution in [-0.4, -0.2) is 19.2 Å². The van der Waals surface area contributed by atoms with Crippen LogP contribution in [-0.2, 0) is 6.54 Å². The Morgan fingerprint density at radius 1 is 1.42 bits per heavy atom. The van der Waals surface area contributed by atoms with Crippen molar-refractivity contribution in [1.82, 2.24) is 4.98 Å². The van der Waals surface area contributed by atoms with Gasteiger partial charge in [-0.25, -0.2) is 0 Å². The van der Waals surface area contributed by atoms with E-state index in [4.69, 9.17) is 15.2 Å². The van der Waals surface area contributed by atoms with E-state index >= 15 is 0 Å². The minimum atomic E-state index is 0.348. The monoisotopic (exact) mass is 168 g/mol. The third kappa shape index (κ3) is 1.48. The molecule has 1 rings (SSSR count). The van der Waals surface area contributed by atoms with Gasteiger partial charge in [-0.15, -0.1) is 0 Å². The summed E-state index contributed by atoms with van der Waals surface area (Å²) in [7, 11) is 3.15. The first-order chi connectivity index (χ1) is 5.83. The maximum atomic E-state index is 5.45. The van der Waals surface area contributed by atoms with Crippen molar-refractivity contribution in [1.29, 1.82) is 0 Å². The first-order valence-electron chi connectivity index (χ1n) is 3.59. The molecule has 0 bridgehead atoms. The summed E-state index contributed by atoms with van der Waals surface area (Å²) >= 11 is 0. The number of pyridine rings is 1. The van der Waals surface area contributed by atoms with E-state index in [1.54, 1.807) is 26.5 Å². The number of nitrogens with two attached hydrogens (primary N) is 1. The van der Waals surface area contributed by atoms with Crippen molar-refractivity contribution in [3.8, 4) is 11.5 Å². The summed E-state index contributed by atoms with van der Waals surface area (Å²) < 4.78 is 10.1. The minimum Gasteiger partial charge on any atom is -0.493 e. The minimum absolute atomic E-state index is 0.348. The molecular formula is C8H12N2O2. The van der Waals surface area contributed by atoms with E-state index < -0.39 is 0 Å². The van der Waals surface area contributed by atoms with Crippen LogP contribution in [0.5, 0.6) is 11.5 Å². The molecule has 0 aliphatic rings. The van der Waals surface area contributed by atoms with E-state index in [1.807, 2.05) is 0 Å². The van der Waals surface area contributed by atoms with Crippen LogP contribution in [0.4, 0.5) is 0 Å². The molecule has 0 spiro atoms. The predicted molar refractivity (Wildman–Crippen MR) is 45.2 cm³/mol. The van der Waals surface area contributed by atoms with Crippen LogP contribution in [0.25, 0.3) is 0 Å². The number of rotatable bonds is 3. The summed E-state index contributed by atoms with van der Waals surface area (Å²) in [4.78, 5) is 4.05. The molecule has 0 aliphatic heterocycles. The van der Waals surface area contributed by atoms with E-state index in [9.17, 15) is 0 Å². The SMILES string of the molecule is COc1ccnc(CN)c1OC. The Bertz CT molecular complexity index is 241. The molecule has 0 saturated heterocycles. The molecule has 0 aromatic carbocycles. The Morgan fingerprint density at radius 2 is 2.17 bits per heavy atom. The lowest BCUT2D eigenvalue weighted by molar-refractivity contribution is 0.349. The summed E-state index contributed by atoms with van der Waals surface area (Å²) in [5.74, 6) is 1.27.